The topological polar surface area (TPSA) is 69.6 Å². The van der Waals surface area contributed by atoms with Gasteiger partial charge in [-0.3, -0.25) is 4.79 Å². The second-order valence-electron chi connectivity index (χ2n) is 15.4. The second-order valence-corrected chi connectivity index (χ2v) is 15.4. The highest BCUT2D eigenvalue weighted by atomic mass is 16.3. The molecule has 58 heavy (non-hydrogen) atoms. The van der Waals surface area contributed by atoms with E-state index in [1.165, 1.54) is 70.6 Å². The maximum Gasteiger partial charge on any atom is 0.220 e. The van der Waals surface area contributed by atoms with Crippen molar-refractivity contribution in [3.63, 3.8) is 0 Å². The zero-order valence-electron chi connectivity index (χ0n) is 37.5. The number of nitrogens with one attached hydrogen (secondary N) is 1. The average molecular weight is 800 g/mol. The summed E-state index contributed by atoms with van der Waals surface area (Å²) in [5.41, 5.74) is 0. The summed E-state index contributed by atoms with van der Waals surface area (Å²) in [5, 5.41) is 23.0. The van der Waals surface area contributed by atoms with Crippen molar-refractivity contribution in [2.24, 2.45) is 0 Å². The van der Waals surface area contributed by atoms with Crippen LogP contribution in [0.5, 0.6) is 0 Å². The first kappa shape index (κ1) is 54.8. The summed E-state index contributed by atoms with van der Waals surface area (Å²) in [6, 6.07) is -0.662. The highest BCUT2D eigenvalue weighted by Crippen LogP contribution is 2.13. The van der Waals surface area contributed by atoms with Gasteiger partial charge in [0.05, 0.1) is 18.8 Å². The molecular formula is C54H89NO3. The van der Waals surface area contributed by atoms with Crippen molar-refractivity contribution in [2.75, 3.05) is 6.61 Å². The van der Waals surface area contributed by atoms with Gasteiger partial charge in [-0.05, 0) is 96.3 Å². The molecule has 2 unspecified atom stereocenters. The molecular weight excluding hydrogens is 711 g/mol. The Balaban J connectivity index is 3.74. The lowest BCUT2D eigenvalue weighted by Gasteiger charge is -2.19. The first-order valence-electron chi connectivity index (χ1n) is 23.7. The number of aliphatic hydroxyl groups is 2. The highest BCUT2D eigenvalue weighted by Gasteiger charge is 2.17. The lowest BCUT2D eigenvalue weighted by molar-refractivity contribution is -0.123. The smallest absolute Gasteiger partial charge is 0.220 e. The molecule has 0 aromatic heterocycles. The lowest BCUT2D eigenvalue weighted by atomic mass is 10.1. The van der Waals surface area contributed by atoms with E-state index in [1.807, 2.05) is 6.08 Å². The number of allylic oxidation sites excluding steroid dienone is 19. The van der Waals surface area contributed by atoms with Crippen molar-refractivity contribution >= 4 is 5.91 Å². The van der Waals surface area contributed by atoms with E-state index in [0.717, 1.165) is 103 Å². The summed E-state index contributed by atoms with van der Waals surface area (Å²) < 4.78 is 0. The molecule has 0 aliphatic heterocycles. The third kappa shape index (κ3) is 43.9. The van der Waals surface area contributed by atoms with Crippen LogP contribution in [0.2, 0.25) is 0 Å². The summed E-state index contributed by atoms with van der Waals surface area (Å²) in [6.45, 7) is 4.16. The third-order valence-corrected chi connectivity index (χ3v) is 9.93. The minimum Gasteiger partial charge on any atom is -0.394 e. The lowest BCUT2D eigenvalue weighted by Crippen LogP contribution is -2.45. The standard InChI is InChI=1S/C54H89NO3/c1-3-5-7-9-11-13-15-17-19-21-22-23-24-25-26-27-28-29-30-31-32-34-36-38-40-42-44-46-48-50-54(58)55-52(51-56)53(57)49-47-45-43-41-39-37-35-33-20-18-16-14-12-10-8-6-4-2/h5,7,11,13,17,19,22-23,25-26,28-29,31-32,36,38-39,41,47,49,52-53,56-57H,3-4,6,8-10,12,14-16,18,20-21,24,27,30,33-35,37,40,42-46,48,50-51H2,1-2H3,(H,55,58)/b7-5-,13-11-,19-17-,23-22-,26-25-,29-28-,32-31-,38-36-,41-39+,49-47+. The fourth-order valence-electron chi connectivity index (χ4n) is 6.33. The van der Waals surface area contributed by atoms with Gasteiger partial charge in [0, 0.05) is 6.42 Å². The Kier molecular flexibility index (Phi) is 45.5. The first-order chi connectivity index (χ1) is 28.7. The number of carbonyl (C=O) groups is 1. The summed E-state index contributed by atoms with van der Waals surface area (Å²) in [5.74, 6) is -0.104. The molecule has 0 rings (SSSR count). The monoisotopic (exact) mass is 800 g/mol. The van der Waals surface area contributed by atoms with Gasteiger partial charge in [0.2, 0.25) is 5.91 Å². The van der Waals surface area contributed by atoms with Crippen molar-refractivity contribution in [1.29, 1.82) is 0 Å². The third-order valence-electron chi connectivity index (χ3n) is 9.93. The molecule has 0 heterocycles. The Morgan fingerprint density at radius 2 is 0.776 bits per heavy atom. The van der Waals surface area contributed by atoms with E-state index in [2.05, 4.69) is 129 Å². The number of hydrogen-bond acceptors (Lipinski definition) is 3. The molecule has 2 atom stereocenters. The number of unbranched alkanes of at least 4 members (excludes halogenated alkanes) is 16. The van der Waals surface area contributed by atoms with Gasteiger partial charge in [0.25, 0.3) is 0 Å². The molecule has 0 bridgehead atoms. The molecule has 328 valence electrons. The number of rotatable bonds is 41. The van der Waals surface area contributed by atoms with Crippen LogP contribution in [-0.2, 0) is 4.79 Å². The molecule has 0 spiro atoms. The Bertz CT molecular complexity index is 1180. The van der Waals surface area contributed by atoms with E-state index in [9.17, 15) is 15.0 Å². The van der Waals surface area contributed by atoms with Crippen LogP contribution in [0.3, 0.4) is 0 Å². The van der Waals surface area contributed by atoms with E-state index in [-0.39, 0.29) is 12.5 Å². The van der Waals surface area contributed by atoms with Crippen LogP contribution in [0.1, 0.15) is 194 Å². The van der Waals surface area contributed by atoms with Gasteiger partial charge in [-0.25, -0.2) is 0 Å². The molecule has 0 aromatic rings. The molecule has 0 aliphatic carbocycles. The zero-order chi connectivity index (χ0) is 42.1. The van der Waals surface area contributed by atoms with Gasteiger partial charge < -0.3 is 15.5 Å². The fraction of sp³-hybridized carbons (Fsp3) is 0.611. The molecule has 3 N–H and O–H groups in total. The predicted molar refractivity (Wildman–Crippen MR) is 257 cm³/mol. The second kappa shape index (κ2) is 48.2. The SMILES string of the molecule is CC/C=C\C/C=C\C/C=C\C/C=C\C/C=C\C/C=C\C/C=C\C/C=C\CCCCCCC(=O)NC(CO)C(O)/C=C/CC/C=C/CCCCCCCCCCCCC. The maximum atomic E-state index is 12.4. The Morgan fingerprint density at radius 3 is 1.21 bits per heavy atom. The summed E-state index contributed by atoms with van der Waals surface area (Å²) in [7, 11) is 0. The van der Waals surface area contributed by atoms with E-state index < -0.39 is 12.1 Å². The van der Waals surface area contributed by atoms with Crippen molar-refractivity contribution in [3.8, 4) is 0 Å². The van der Waals surface area contributed by atoms with Crippen LogP contribution in [-0.4, -0.2) is 34.9 Å². The van der Waals surface area contributed by atoms with E-state index in [1.54, 1.807) is 6.08 Å². The number of hydrogen-bond donors (Lipinski definition) is 3. The zero-order valence-corrected chi connectivity index (χ0v) is 37.5. The normalized spacial score (nSPS) is 14.1. The van der Waals surface area contributed by atoms with E-state index >= 15 is 0 Å². The molecule has 0 saturated carbocycles. The number of aliphatic hydroxyl groups excluding tert-OH is 2. The van der Waals surface area contributed by atoms with Crippen LogP contribution >= 0.6 is 0 Å². The van der Waals surface area contributed by atoms with Crippen LogP contribution < -0.4 is 5.32 Å². The quantitative estimate of drug-likeness (QED) is 0.0426. The molecule has 4 nitrogen and oxygen atoms in total. The van der Waals surface area contributed by atoms with Crippen molar-refractivity contribution in [1.82, 2.24) is 5.32 Å². The van der Waals surface area contributed by atoms with Crippen LogP contribution in [0.4, 0.5) is 0 Å². The fourth-order valence-corrected chi connectivity index (χ4v) is 6.33. The predicted octanol–water partition coefficient (Wildman–Crippen LogP) is 15.3. The van der Waals surface area contributed by atoms with Crippen LogP contribution in [0.15, 0.2) is 122 Å². The minimum absolute atomic E-state index is 0.104. The van der Waals surface area contributed by atoms with Crippen molar-refractivity contribution in [3.05, 3.63) is 122 Å². The van der Waals surface area contributed by atoms with Gasteiger partial charge in [0.15, 0.2) is 0 Å². The Morgan fingerprint density at radius 1 is 0.431 bits per heavy atom. The summed E-state index contributed by atoms with van der Waals surface area (Å²) in [4.78, 5) is 12.4. The van der Waals surface area contributed by atoms with Gasteiger partial charge in [-0.1, -0.05) is 212 Å². The highest BCUT2D eigenvalue weighted by molar-refractivity contribution is 5.76. The van der Waals surface area contributed by atoms with Crippen LogP contribution in [0, 0.1) is 0 Å². The number of amides is 1. The molecule has 0 fully saturated rings. The molecule has 0 saturated heterocycles. The van der Waals surface area contributed by atoms with Crippen molar-refractivity contribution in [2.45, 2.75) is 206 Å². The van der Waals surface area contributed by atoms with Gasteiger partial charge in [-0.15, -0.1) is 0 Å². The molecule has 1 amide bonds. The average Bonchev–Trinajstić information content (AvgIpc) is 3.23. The molecule has 0 radical (unpaired) electrons. The van der Waals surface area contributed by atoms with Gasteiger partial charge >= 0.3 is 0 Å². The van der Waals surface area contributed by atoms with Gasteiger partial charge in [0.1, 0.15) is 0 Å². The largest absolute Gasteiger partial charge is 0.394 e. The van der Waals surface area contributed by atoms with E-state index in [4.69, 9.17) is 0 Å². The minimum atomic E-state index is -0.882. The Labute approximate surface area is 358 Å². The summed E-state index contributed by atoms with van der Waals surface area (Å²) in [6.07, 6.45) is 74.5. The van der Waals surface area contributed by atoms with Gasteiger partial charge in [-0.2, -0.15) is 0 Å². The molecule has 0 aliphatic rings. The Hall–Kier alpha value is -3.21. The molecule has 0 aromatic carbocycles. The molecule has 4 heteroatoms. The number of carbonyl (C=O) groups excluding carboxylic acids is 1. The van der Waals surface area contributed by atoms with Crippen LogP contribution in [0.25, 0.3) is 0 Å². The van der Waals surface area contributed by atoms with E-state index in [0.29, 0.717) is 6.42 Å². The summed E-state index contributed by atoms with van der Waals surface area (Å²) >= 11 is 0. The van der Waals surface area contributed by atoms with Crippen molar-refractivity contribution < 1.29 is 15.0 Å². The maximum absolute atomic E-state index is 12.4. The first-order valence-corrected chi connectivity index (χ1v) is 23.7.